The molecule has 0 saturated heterocycles. The van der Waals surface area contributed by atoms with Crippen molar-refractivity contribution in [2.24, 2.45) is 0 Å². The maximum atomic E-state index is 12.2. The van der Waals surface area contributed by atoms with E-state index in [9.17, 15) is 9.59 Å². The summed E-state index contributed by atoms with van der Waals surface area (Å²) in [6, 6.07) is 6.38. The number of nitrogens with zero attached hydrogens (tertiary/aromatic N) is 4. The second-order valence-electron chi connectivity index (χ2n) is 5.04. The highest BCUT2D eigenvalue weighted by Gasteiger charge is 2.22. The molecule has 0 aliphatic rings. The minimum Gasteiger partial charge on any atom is -0.355 e. The number of benzene rings is 1. The first-order valence-corrected chi connectivity index (χ1v) is 8.02. The van der Waals surface area contributed by atoms with Crippen molar-refractivity contribution in [2.75, 3.05) is 13.1 Å². The van der Waals surface area contributed by atoms with Crippen LogP contribution in [0.25, 0.3) is 11.4 Å². The van der Waals surface area contributed by atoms with Gasteiger partial charge in [-0.3, -0.25) is 9.59 Å². The Morgan fingerprint density at radius 3 is 2.54 bits per heavy atom. The van der Waals surface area contributed by atoms with Crippen LogP contribution >= 0.6 is 11.6 Å². The van der Waals surface area contributed by atoms with Gasteiger partial charge in [0, 0.05) is 17.1 Å². The number of carbonyl (C=O) groups excluding carboxylic acids is 2. The van der Waals surface area contributed by atoms with Crippen LogP contribution in [-0.2, 0) is 9.59 Å². The minimum absolute atomic E-state index is 0.0814. The number of hydrogen-bond donors (Lipinski definition) is 2. The fourth-order valence-corrected chi connectivity index (χ4v) is 2.20. The van der Waals surface area contributed by atoms with Crippen LogP contribution in [0, 0.1) is 0 Å². The third-order valence-corrected chi connectivity index (χ3v) is 3.55. The summed E-state index contributed by atoms with van der Waals surface area (Å²) >= 11 is 5.85. The molecule has 1 atom stereocenters. The third kappa shape index (κ3) is 4.51. The van der Waals surface area contributed by atoms with Crippen LogP contribution in [0.2, 0.25) is 5.02 Å². The molecule has 24 heavy (non-hydrogen) atoms. The second-order valence-corrected chi connectivity index (χ2v) is 5.47. The molecule has 1 aromatic heterocycles. The van der Waals surface area contributed by atoms with E-state index in [1.807, 2.05) is 13.8 Å². The maximum absolute atomic E-state index is 12.2. The van der Waals surface area contributed by atoms with Gasteiger partial charge in [0.2, 0.25) is 17.6 Å². The lowest BCUT2D eigenvalue weighted by Crippen LogP contribution is -2.40. The Labute approximate surface area is 144 Å². The molecule has 0 aliphatic heterocycles. The second kappa shape index (κ2) is 8.39. The number of aromatic nitrogens is 4. The highest BCUT2D eigenvalue weighted by Crippen LogP contribution is 2.18. The average Bonchev–Trinajstić information content (AvgIpc) is 3.04. The summed E-state index contributed by atoms with van der Waals surface area (Å²) in [5.41, 5.74) is 0.753. The molecule has 1 heterocycles. The highest BCUT2D eigenvalue weighted by atomic mass is 35.5. The Bertz CT molecular complexity index is 700. The maximum Gasteiger partial charge on any atom is 0.247 e. The number of nitrogens with one attached hydrogen (secondary N) is 2. The summed E-state index contributed by atoms with van der Waals surface area (Å²) in [4.78, 5) is 24.9. The van der Waals surface area contributed by atoms with Crippen LogP contribution in [0.1, 0.15) is 26.3 Å². The van der Waals surface area contributed by atoms with Gasteiger partial charge in [-0.05, 0) is 42.8 Å². The average molecular weight is 351 g/mol. The molecular weight excluding hydrogens is 332 g/mol. The Morgan fingerprint density at radius 1 is 1.21 bits per heavy atom. The van der Waals surface area contributed by atoms with E-state index in [0.29, 0.717) is 23.8 Å². The Morgan fingerprint density at radius 2 is 1.92 bits per heavy atom. The monoisotopic (exact) mass is 350 g/mol. The molecule has 128 valence electrons. The van der Waals surface area contributed by atoms with Crippen molar-refractivity contribution >= 4 is 23.4 Å². The number of halogens is 1. The third-order valence-electron chi connectivity index (χ3n) is 3.30. The summed E-state index contributed by atoms with van der Waals surface area (Å²) in [5, 5.41) is 18.0. The van der Waals surface area contributed by atoms with Gasteiger partial charge >= 0.3 is 0 Å². The van der Waals surface area contributed by atoms with Gasteiger partial charge in [0.15, 0.2) is 6.04 Å². The van der Waals surface area contributed by atoms with Crippen molar-refractivity contribution in [1.82, 2.24) is 30.8 Å². The van der Waals surface area contributed by atoms with Gasteiger partial charge in [-0.25, -0.2) is 0 Å². The molecule has 8 nitrogen and oxygen atoms in total. The molecule has 2 amide bonds. The number of rotatable bonds is 7. The van der Waals surface area contributed by atoms with Crippen molar-refractivity contribution in [2.45, 2.75) is 26.3 Å². The molecule has 2 aromatic rings. The molecule has 0 bridgehead atoms. The molecule has 0 aliphatic carbocycles. The number of tetrazole rings is 1. The predicted octanol–water partition coefficient (Wildman–Crippen LogP) is 1.20. The Hall–Kier alpha value is -2.48. The van der Waals surface area contributed by atoms with Gasteiger partial charge in [0.25, 0.3) is 0 Å². The van der Waals surface area contributed by atoms with Crippen molar-refractivity contribution in [3.63, 3.8) is 0 Å². The normalized spacial score (nSPS) is 11.8. The number of carbonyl (C=O) groups is 2. The van der Waals surface area contributed by atoms with E-state index in [1.54, 1.807) is 24.3 Å². The number of amides is 2. The molecule has 1 aromatic carbocycles. The zero-order chi connectivity index (χ0) is 17.5. The van der Waals surface area contributed by atoms with Gasteiger partial charge < -0.3 is 10.6 Å². The largest absolute Gasteiger partial charge is 0.355 e. The topological polar surface area (TPSA) is 102 Å². The van der Waals surface area contributed by atoms with Gasteiger partial charge in [-0.1, -0.05) is 18.5 Å². The van der Waals surface area contributed by atoms with Crippen LogP contribution in [-0.4, -0.2) is 45.1 Å². The fraction of sp³-hybridized carbons (Fsp3) is 0.400. The minimum atomic E-state index is -0.632. The van der Waals surface area contributed by atoms with Gasteiger partial charge in [0.05, 0.1) is 6.54 Å². The number of likely N-dealkylation sites (N-methyl/N-ethyl adjacent to an activating group) is 1. The van der Waals surface area contributed by atoms with E-state index in [-0.39, 0.29) is 18.4 Å². The smallest absolute Gasteiger partial charge is 0.247 e. The molecule has 2 rings (SSSR count). The number of hydrogen-bond acceptors (Lipinski definition) is 5. The van der Waals surface area contributed by atoms with Crippen LogP contribution in [0.5, 0.6) is 0 Å². The van der Waals surface area contributed by atoms with E-state index in [1.165, 1.54) is 4.80 Å². The van der Waals surface area contributed by atoms with Gasteiger partial charge in [-0.15, -0.1) is 10.2 Å². The molecule has 0 spiro atoms. The predicted molar refractivity (Wildman–Crippen MR) is 89.3 cm³/mol. The van der Waals surface area contributed by atoms with Crippen molar-refractivity contribution in [3.05, 3.63) is 29.3 Å². The quantitative estimate of drug-likeness (QED) is 0.781. The molecule has 2 N–H and O–H groups in total. The molecule has 0 saturated carbocycles. The fourth-order valence-electron chi connectivity index (χ4n) is 2.07. The summed E-state index contributed by atoms with van der Waals surface area (Å²) in [6.45, 7) is 4.08. The van der Waals surface area contributed by atoms with Crippen molar-refractivity contribution in [3.8, 4) is 11.4 Å². The van der Waals surface area contributed by atoms with E-state index in [2.05, 4.69) is 26.0 Å². The Balaban J connectivity index is 2.06. The summed E-state index contributed by atoms with van der Waals surface area (Å²) < 4.78 is 0. The van der Waals surface area contributed by atoms with Gasteiger partial charge in [-0.2, -0.15) is 4.80 Å². The van der Waals surface area contributed by atoms with E-state index < -0.39 is 6.04 Å². The van der Waals surface area contributed by atoms with Crippen molar-refractivity contribution in [1.29, 1.82) is 0 Å². The standard InChI is InChI=1S/C15H19ClN6O2/c1-3-12(15(24)18-9-13(23)17-4-2)22-20-14(19-21-22)10-5-7-11(16)8-6-10/h5-8,12H,3-4,9H2,1-2H3,(H,17,23)(H,18,24)/t12-/m1/s1. The lowest BCUT2D eigenvalue weighted by molar-refractivity contribution is -0.128. The van der Waals surface area contributed by atoms with Crippen LogP contribution in [0.4, 0.5) is 0 Å². The molecule has 9 heteroatoms. The first kappa shape index (κ1) is 17.9. The first-order valence-electron chi connectivity index (χ1n) is 7.65. The molecular formula is C15H19ClN6O2. The molecule has 0 fully saturated rings. The lowest BCUT2D eigenvalue weighted by Gasteiger charge is -2.13. The highest BCUT2D eigenvalue weighted by molar-refractivity contribution is 6.30. The zero-order valence-electron chi connectivity index (χ0n) is 13.5. The molecule has 0 unspecified atom stereocenters. The van der Waals surface area contributed by atoms with Crippen LogP contribution < -0.4 is 10.6 Å². The van der Waals surface area contributed by atoms with E-state index in [4.69, 9.17) is 11.6 Å². The summed E-state index contributed by atoms with van der Waals surface area (Å²) in [7, 11) is 0. The van der Waals surface area contributed by atoms with Crippen LogP contribution in [0.15, 0.2) is 24.3 Å². The van der Waals surface area contributed by atoms with E-state index in [0.717, 1.165) is 5.56 Å². The van der Waals surface area contributed by atoms with Crippen molar-refractivity contribution < 1.29 is 9.59 Å². The SMILES string of the molecule is CCNC(=O)CNC(=O)[C@@H](CC)n1nnc(-c2ccc(Cl)cc2)n1. The van der Waals surface area contributed by atoms with Crippen LogP contribution in [0.3, 0.4) is 0 Å². The zero-order valence-corrected chi connectivity index (χ0v) is 14.2. The Kier molecular flexibility index (Phi) is 6.25. The van der Waals surface area contributed by atoms with Gasteiger partial charge in [0.1, 0.15) is 0 Å². The van der Waals surface area contributed by atoms with E-state index >= 15 is 0 Å². The summed E-state index contributed by atoms with van der Waals surface area (Å²) in [5.74, 6) is -0.167. The molecule has 0 radical (unpaired) electrons. The lowest BCUT2D eigenvalue weighted by atomic mass is 10.2. The first-order chi connectivity index (χ1) is 11.5. The summed E-state index contributed by atoms with van der Waals surface area (Å²) in [6.07, 6.45) is 0.470.